The number of piperazine rings is 1. The molecule has 0 aromatic rings. The molecule has 0 aromatic heterocycles. The third kappa shape index (κ3) is 2.78. The number of ether oxygens (including phenoxy) is 1. The summed E-state index contributed by atoms with van der Waals surface area (Å²) in [4.78, 5) is 18.5. The van der Waals surface area contributed by atoms with E-state index in [1.165, 1.54) is 7.11 Å². The fourth-order valence-electron chi connectivity index (χ4n) is 2.63. The van der Waals surface area contributed by atoms with Crippen LogP contribution in [-0.2, 0) is 9.53 Å². The molecule has 2 unspecified atom stereocenters. The Kier molecular flexibility index (Phi) is 4.01. The zero-order chi connectivity index (χ0) is 12.4. The summed E-state index contributed by atoms with van der Waals surface area (Å²) in [5.41, 5.74) is 0. The van der Waals surface area contributed by atoms with Crippen molar-refractivity contribution in [2.24, 2.45) is 0 Å². The molecule has 0 aromatic carbocycles. The maximum Gasteiger partial charge on any atom is 0.323 e. The van der Waals surface area contributed by atoms with Crippen molar-refractivity contribution in [3.05, 3.63) is 0 Å². The average molecular weight is 241 g/mol. The van der Waals surface area contributed by atoms with E-state index < -0.39 is 0 Å². The number of carbonyl (C=O) groups is 1. The van der Waals surface area contributed by atoms with E-state index in [-0.39, 0.29) is 12.0 Å². The lowest BCUT2D eigenvalue weighted by Crippen LogP contribution is -2.60. The zero-order valence-electron chi connectivity index (χ0n) is 11.1. The highest BCUT2D eigenvalue weighted by Gasteiger charge is 2.37. The van der Waals surface area contributed by atoms with E-state index in [0.717, 1.165) is 39.1 Å². The van der Waals surface area contributed by atoms with Crippen molar-refractivity contribution >= 4 is 5.97 Å². The summed E-state index contributed by atoms with van der Waals surface area (Å²) in [6, 6.07) is 0.529. The van der Waals surface area contributed by atoms with Gasteiger partial charge in [-0.05, 0) is 20.5 Å². The molecule has 2 saturated heterocycles. The van der Waals surface area contributed by atoms with E-state index in [2.05, 4.69) is 28.8 Å². The quantitative estimate of drug-likeness (QED) is 0.621. The predicted octanol–water partition coefficient (Wildman–Crippen LogP) is -0.520. The van der Waals surface area contributed by atoms with Gasteiger partial charge in [0.2, 0.25) is 0 Å². The summed E-state index contributed by atoms with van der Waals surface area (Å²) in [6.07, 6.45) is 0.943. The van der Waals surface area contributed by atoms with Crippen LogP contribution < -0.4 is 0 Å². The molecule has 0 aliphatic carbocycles. The highest BCUT2D eigenvalue weighted by atomic mass is 16.5. The minimum absolute atomic E-state index is 0.000586. The number of rotatable bonds is 3. The SMILES string of the molecule is COC(=O)C1CCN1CC1CN(C)CCN1C. The molecule has 0 radical (unpaired) electrons. The van der Waals surface area contributed by atoms with Crippen LogP contribution in [0.4, 0.5) is 0 Å². The van der Waals surface area contributed by atoms with Gasteiger partial charge < -0.3 is 9.64 Å². The Morgan fingerprint density at radius 2 is 2.06 bits per heavy atom. The van der Waals surface area contributed by atoms with Gasteiger partial charge in [-0.3, -0.25) is 14.6 Å². The molecule has 17 heavy (non-hydrogen) atoms. The van der Waals surface area contributed by atoms with Gasteiger partial charge >= 0.3 is 5.97 Å². The monoisotopic (exact) mass is 241 g/mol. The topological polar surface area (TPSA) is 36.0 Å². The maximum atomic E-state index is 11.5. The number of likely N-dealkylation sites (N-methyl/N-ethyl adjacent to an activating group) is 2. The van der Waals surface area contributed by atoms with Gasteiger partial charge in [0.05, 0.1) is 7.11 Å². The summed E-state index contributed by atoms with van der Waals surface area (Å²) in [6.45, 7) is 5.32. The fraction of sp³-hybridized carbons (Fsp3) is 0.917. The second-order valence-corrected chi connectivity index (χ2v) is 5.22. The van der Waals surface area contributed by atoms with Crippen LogP contribution in [0.3, 0.4) is 0 Å². The van der Waals surface area contributed by atoms with Crippen molar-refractivity contribution in [1.29, 1.82) is 0 Å². The third-order valence-corrected chi connectivity index (χ3v) is 4.03. The molecule has 0 N–H and O–H groups in total. The highest BCUT2D eigenvalue weighted by Crippen LogP contribution is 2.20. The van der Waals surface area contributed by atoms with Gasteiger partial charge in [0, 0.05) is 38.8 Å². The molecule has 98 valence electrons. The molecule has 0 spiro atoms. The molecular formula is C12H23N3O2. The second kappa shape index (κ2) is 5.33. The Balaban J connectivity index is 1.85. The summed E-state index contributed by atoms with van der Waals surface area (Å²) < 4.78 is 4.82. The predicted molar refractivity (Wildman–Crippen MR) is 65.9 cm³/mol. The van der Waals surface area contributed by atoms with Gasteiger partial charge in [0.1, 0.15) is 6.04 Å². The number of hydrogen-bond acceptors (Lipinski definition) is 5. The van der Waals surface area contributed by atoms with Gasteiger partial charge in [-0.25, -0.2) is 0 Å². The number of nitrogens with zero attached hydrogens (tertiary/aromatic N) is 3. The number of esters is 1. The standard InChI is InChI=1S/C12H23N3O2/c1-13-6-7-14(2)10(8-13)9-15-5-4-11(15)12(16)17-3/h10-11H,4-9H2,1-3H3. The molecule has 2 rings (SSSR count). The lowest BCUT2D eigenvalue weighted by Gasteiger charge is -2.45. The van der Waals surface area contributed by atoms with Crippen molar-refractivity contribution in [2.75, 3.05) is 53.9 Å². The Morgan fingerprint density at radius 1 is 1.29 bits per heavy atom. The van der Waals surface area contributed by atoms with Crippen LogP contribution >= 0.6 is 0 Å². The van der Waals surface area contributed by atoms with Gasteiger partial charge in [-0.15, -0.1) is 0 Å². The maximum absolute atomic E-state index is 11.5. The largest absolute Gasteiger partial charge is 0.468 e. The number of carbonyl (C=O) groups excluding carboxylic acids is 1. The Bertz CT molecular complexity index is 285. The van der Waals surface area contributed by atoms with Crippen molar-refractivity contribution in [3.8, 4) is 0 Å². The van der Waals surface area contributed by atoms with Gasteiger partial charge in [0.15, 0.2) is 0 Å². The average Bonchev–Trinajstić information content (AvgIpc) is 2.28. The molecule has 0 saturated carbocycles. The Hall–Kier alpha value is -0.650. The minimum atomic E-state index is -0.0805. The highest BCUT2D eigenvalue weighted by molar-refractivity contribution is 5.76. The third-order valence-electron chi connectivity index (χ3n) is 4.03. The molecular weight excluding hydrogens is 218 g/mol. The van der Waals surface area contributed by atoms with Crippen LogP contribution in [0.1, 0.15) is 6.42 Å². The summed E-state index contributed by atoms with van der Waals surface area (Å²) in [5.74, 6) is -0.0805. The molecule has 2 aliphatic rings. The van der Waals surface area contributed by atoms with E-state index in [9.17, 15) is 4.79 Å². The van der Waals surface area contributed by atoms with E-state index in [4.69, 9.17) is 4.74 Å². The molecule has 2 fully saturated rings. The minimum Gasteiger partial charge on any atom is -0.468 e. The fourth-order valence-corrected chi connectivity index (χ4v) is 2.63. The lowest BCUT2D eigenvalue weighted by atomic mass is 10.0. The van der Waals surface area contributed by atoms with Crippen LogP contribution in [0.2, 0.25) is 0 Å². The molecule has 2 heterocycles. The van der Waals surface area contributed by atoms with E-state index >= 15 is 0 Å². The first kappa shape index (κ1) is 12.8. The summed E-state index contributed by atoms with van der Waals surface area (Å²) in [5, 5.41) is 0. The van der Waals surface area contributed by atoms with Gasteiger partial charge in [-0.1, -0.05) is 0 Å². The van der Waals surface area contributed by atoms with E-state index in [1.807, 2.05) is 0 Å². The number of likely N-dealkylation sites (tertiary alicyclic amines) is 1. The lowest BCUT2D eigenvalue weighted by molar-refractivity contribution is -0.152. The molecule has 0 amide bonds. The number of methoxy groups -OCH3 is 1. The van der Waals surface area contributed by atoms with E-state index in [0.29, 0.717) is 6.04 Å². The molecule has 2 aliphatic heterocycles. The first-order chi connectivity index (χ1) is 8.11. The van der Waals surface area contributed by atoms with Crippen molar-refractivity contribution in [1.82, 2.24) is 14.7 Å². The Labute approximate surface area is 103 Å². The molecule has 2 atom stereocenters. The Morgan fingerprint density at radius 3 is 2.65 bits per heavy atom. The smallest absolute Gasteiger partial charge is 0.323 e. The van der Waals surface area contributed by atoms with Crippen LogP contribution in [0.25, 0.3) is 0 Å². The second-order valence-electron chi connectivity index (χ2n) is 5.22. The summed E-state index contributed by atoms with van der Waals surface area (Å²) >= 11 is 0. The van der Waals surface area contributed by atoms with Gasteiger partial charge in [-0.2, -0.15) is 0 Å². The van der Waals surface area contributed by atoms with Crippen LogP contribution in [0, 0.1) is 0 Å². The number of hydrogen-bond donors (Lipinski definition) is 0. The molecule has 5 heteroatoms. The van der Waals surface area contributed by atoms with Crippen LogP contribution in [-0.4, -0.2) is 86.7 Å². The van der Waals surface area contributed by atoms with Crippen LogP contribution in [0.5, 0.6) is 0 Å². The summed E-state index contributed by atoms with van der Waals surface area (Å²) in [7, 11) is 5.80. The van der Waals surface area contributed by atoms with Gasteiger partial charge in [0.25, 0.3) is 0 Å². The van der Waals surface area contributed by atoms with Crippen molar-refractivity contribution in [2.45, 2.75) is 18.5 Å². The first-order valence-corrected chi connectivity index (χ1v) is 6.32. The van der Waals surface area contributed by atoms with Crippen molar-refractivity contribution < 1.29 is 9.53 Å². The molecule has 0 bridgehead atoms. The van der Waals surface area contributed by atoms with Crippen LogP contribution in [0.15, 0.2) is 0 Å². The van der Waals surface area contributed by atoms with E-state index in [1.54, 1.807) is 0 Å². The molecule has 5 nitrogen and oxygen atoms in total. The first-order valence-electron chi connectivity index (χ1n) is 6.32. The normalized spacial score (nSPS) is 32.2. The van der Waals surface area contributed by atoms with Crippen molar-refractivity contribution in [3.63, 3.8) is 0 Å². The zero-order valence-corrected chi connectivity index (χ0v) is 11.1.